The molecule has 2 heterocycles. The fourth-order valence-corrected chi connectivity index (χ4v) is 1.37. The van der Waals surface area contributed by atoms with Crippen LogP contribution >= 0.6 is 0 Å². The molecule has 14 heavy (non-hydrogen) atoms. The molecule has 1 aromatic heterocycles. The smallest absolute Gasteiger partial charge is 0.275 e. The maximum Gasteiger partial charge on any atom is 0.275 e. The molecule has 1 unspecified atom stereocenters. The highest BCUT2D eigenvalue weighted by molar-refractivity contribution is 5.99. The third-order valence-corrected chi connectivity index (χ3v) is 1.92. The minimum atomic E-state index is -1.05. The first kappa shape index (κ1) is 8.76. The maximum atomic E-state index is 11.4. The second-order valence-corrected chi connectivity index (χ2v) is 2.90. The summed E-state index contributed by atoms with van der Waals surface area (Å²) in [5.41, 5.74) is 0.943. The van der Waals surface area contributed by atoms with E-state index in [2.05, 4.69) is 22.3 Å². The van der Waals surface area contributed by atoms with E-state index in [0.29, 0.717) is 17.9 Å². The Morgan fingerprint density at radius 3 is 3.21 bits per heavy atom. The van der Waals surface area contributed by atoms with Gasteiger partial charge >= 0.3 is 0 Å². The Morgan fingerprint density at radius 2 is 2.50 bits per heavy atom. The molecule has 0 bridgehead atoms. The first-order valence-electron chi connectivity index (χ1n) is 4.14. The third-order valence-electron chi connectivity index (χ3n) is 1.92. The summed E-state index contributed by atoms with van der Waals surface area (Å²) in [5.74, 6) is -0.342. The number of aliphatic hydroxyl groups is 1. The molecule has 0 spiro atoms. The molecular weight excluding hydrogens is 184 g/mol. The van der Waals surface area contributed by atoms with Crippen molar-refractivity contribution >= 4 is 11.6 Å². The zero-order chi connectivity index (χ0) is 10.1. The molecule has 74 valence electrons. The summed E-state index contributed by atoms with van der Waals surface area (Å²) in [6.45, 7) is 4.02. The quantitative estimate of drug-likeness (QED) is 0.554. The summed E-state index contributed by atoms with van der Waals surface area (Å²) in [7, 11) is 0. The minimum absolute atomic E-state index is 0.342. The molecule has 0 aliphatic carbocycles. The fourth-order valence-electron chi connectivity index (χ4n) is 1.37. The van der Waals surface area contributed by atoms with E-state index in [-0.39, 0.29) is 5.91 Å². The van der Waals surface area contributed by atoms with E-state index in [1.165, 1.54) is 10.9 Å². The van der Waals surface area contributed by atoms with Gasteiger partial charge in [-0.15, -0.1) is 6.58 Å². The van der Waals surface area contributed by atoms with Crippen molar-refractivity contribution in [3.05, 3.63) is 24.5 Å². The average molecular weight is 194 g/mol. The lowest BCUT2D eigenvalue weighted by Crippen LogP contribution is -2.45. The van der Waals surface area contributed by atoms with Gasteiger partial charge in [-0.3, -0.25) is 9.48 Å². The van der Waals surface area contributed by atoms with Gasteiger partial charge in [0.15, 0.2) is 0 Å². The molecule has 0 radical (unpaired) electrons. The summed E-state index contributed by atoms with van der Waals surface area (Å²) in [6, 6.07) is 0. The van der Waals surface area contributed by atoms with Crippen molar-refractivity contribution in [3.8, 4) is 0 Å². The number of nitrogens with zero attached hydrogens (tertiary/aromatic N) is 2. The lowest BCUT2D eigenvalue weighted by molar-refractivity contribution is 0.0803. The number of aliphatic hydroxyl groups excluding tert-OH is 1. The molecule has 6 heteroatoms. The van der Waals surface area contributed by atoms with E-state index in [1.807, 2.05) is 0 Å². The number of hydrogen-bond donors (Lipinski definition) is 3. The molecule has 3 N–H and O–H groups in total. The molecule has 0 saturated carbocycles. The second-order valence-electron chi connectivity index (χ2n) is 2.90. The monoisotopic (exact) mass is 194 g/mol. The Balaban J connectivity index is 2.41. The number of aromatic nitrogens is 2. The number of carbonyl (C=O) groups is 1. The van der Waals surface area contributed by atoms with Gasteiger partial charge < -0.3 is 15.7 Å². The number of hydrogen-bond acceptors (Lipinski definition) is 4. The molecule has 1 atom stereocenters. The highest BCUT2D eigenvalue weighted by atomic mass is 16.3. The van der Waals surface area contributed by atoms with Crippen LogP contribution in [0.25, 0.3) is 0 Å². The van der Waals surface area contributed by atoms with Gasteiger partial charge in [0, 0.05) is 0 Å². The van der Waals surface area contributed by atoms with Crippen LogP contribution in [-0.4, -0.2) is 27.1 Å². The largest absolute Gasteiger partial charge is 0.356 e. The molecule has 1 amide bonds. The summed E-state index contributed by atoms with van der Waals surface area (Å²) in [4.78, 5) is 11.4. The molecule has 1 aliphatic rings. The number of carbonyl (C=O) groups excluding carboxylic acids is 1. The molecule has 1 aromatic rings. The minimum Gasteiger partial charge on any atom is -0.356 e. The van der Waals surface area contributed by atoms with Gasteiger partial charge in [0.2, 0.25) is 6.35 Å². The average Bonchev–Trinajstić information content (AvgIpc) is 2.49. The molecule has 1 aliphatic heterocycles. The van der Waals surface area contributed by atoms with Crippen LogP contribution in [-0.2, 0) is 6.54 Å². The Bertz CT molecular complexity index is 385. The van der Waals surface area contributed by atoms with Crippen LogP contribution in [0.3, 0.4) is 0 Å². The first-order chi connectivity index (χ1) is 6.72. The van der Waals surface area contributed by atoms with Crippen LogP contribution in [0, 0.1) is 0 Å². The highest BCUT2D eigenvalue weighted by Crippen LogP contribution is 2.18. The van der Waals surface area contributed by atoms with Crippen LogP contribution in [0.2, 0.25) is 0 Å². The Kier molecular flexibility index (Phi) is 1.97. The van der Waals surface area contributed by atoms with E-state index < -0.39 is 6.35 Å². The fraction of sp³-hybridized carbons (Fsp3) is 0.250. The normalized spacial score (nSPS) is 19.5. The molecule has 0 fully saturated rings. The van der Waals surface area contributed by atoms with Gasteiger partial charge in [-0.1, -0.05) is 6.08 Å². The lowest BCUT2D eigenvalue weighted by atomic mass is 10.3. The summed E-state index contributed by atoms with van der Waals surface area (Å²) >= 11 is 0. The van der Waals surface area contributed by atoms with Gasteiger partial charge in [0.05, 0.1) is 18.4 Å². The van der Waals surface area contributed by atoms with Crippen LogP contribution in [0.5, 0.6) is 0 Å². The Labute approximate surface area is 80.2 Å². The van der Waals surface area contributed by atoms with Crippen molar-refractivity contribution in [1.82, 2.24) is 15.1 Å². The van der Waals surface area contributed by atoms with E-state index in [4.69, 9.17) is 5.11 Å². The number of nitrogens with one attached hydrogen (secondary N) is 2. The SMILES string of the molecule is C=CCn1ncc2c1C(=O)NC(O)N2. The molecule has 6 nitrogen and oxygen atoms in total. The molecule has 0 aromatic carbocycles. The zero-order valence-electron chi connectivity index (χ0n) is 7.40. The molecular formula is C8H10N4O2. The van der Waals surface area contributed by atoms with Crippen molar-refractivity contribution in [1.29, 1.82) is 0 Å². The number of rotatable bonds is 2. The number of amides is 1. The number of allylic oxidation sites excluding steroid dienone is 1. The first-order valence-corrected chi connectivity index (χ1v) is 4.14. The Morgan fingerprint density at radius 1 is 1.71 bits per heavy atom. The third kappa shape index (κ3) is 1.25. The summed E-state index contributed by atoms with van der Waals surface area (Å²) in [5, 5.41) is 18.2. The predicted molar refractivity (Wildman–Crippen MR) is 49.5 cm³/mol. The standard InChI is InChI=1S/C8H10N4O2/c1-2-3-12-6-5(4-9-12)10-8(14)11-7(6)13/h2,4,8,10,14H,1,3H2,(H,11,13). The van der Waals surface area contributed by atoms with E-state index in [1.54, 1.807) is 6.08 Å². The molecule has 2 rings (SSSR count). The molecule has 0 saturated heterocycles. The number of anilines is 1. The predicted octanol–water partition coefficient (Wildman–Crippen LogP) is -0.500. The topological polar surface area (TPSA) is 79.2 Å². The van der Waals surface area contributed by atoms with Gasteiger partial charge in [-0.05, 0) is 0 Å². The highest BCUT2D eigenvalue weighted by Gasteiger charge is 2.25. The van der Waals surface area contributed by atoms with Gasteiger partial charge in [0.1, 0.15) is 5.69 Å². The Hall–Kier alpha value is -1.82. The summed E-state index contributed by atoms with van der Waals surface area (Å²) < 4.78 is 1.51. The van der Waals surface area contributed by atoms with Crippen LogP contribution in [0.4, 0.5) is 5.69 Å². The maximum absolute atomic E-state index is 11.4. The number of fused-ring (bicyclic) bond motifs is 1. The van der Waals surface area contributed by atoms with Gasteiger partial charge in [-0.2, -0.15) is 5.10 Å². The van der Waals surface area contributed by atoms with Crippen LogP contribution in [0.1, 0.15) is 10.5 Å². The van der Waals surface area contributed by atoms with E-state index in [9.17, 15) is 4.79 Å². The van der Waals surface area contributed by atoms with Gasteiger partial charge in [0.25, 0.3) is 5.91 Å². The summed E-state index contributed by atoms with van der Waals surface area (Å²) in [6.07, 6.45) is 2.10. The second kappa shape index (κ2) is 3.15. The van der Waals surface area contributed by atoms with Gasteiger partial charge in [-0.25, -0.2) is 0 Å². The lowest BCUT2D eigenvalue weighted by Gasteiger charge is -2.21. The van der Waals surface area contributed by atoms with Crippen molar-refractivity contribution in [3.63, 3.8) is 0 Å². The van der Waals surface area contributed by atoms with Crippen LogP contribution < -0.4 is 10.6 Å². The van der Waals surface area contributed by atoms with Crippen LogP contribution in [0.15, 0.2) is 18.9 Å². The van der Waals surface area contributed by atoms with Crippen molar-refractivity contribution in [2.45, 2.75) is 12.9 Å². The van der Waals surface area contributed by atoms with E-state index >= 15 is 0 Å². The van der Waals surface area contributed by atoms with E-state index in [0.717, 1.165) is 0 Å². The van der Waals surface area contributed by atoms with Crippen molar-refractivity contribution in [2.75, 3.05) is 5.32 Å². The zero-order valence-corrected chi connectivity index (χ0v) is 7.40. The van der Waals surface area contributed by atoms with Crippen molar-refractivity contribution in [2.24, 2.45) is 0 Å². The van der Waals surface area contributed by atoms with Crippen molar-refractivity contribution < 1.29 is 9.90 Å².